The zero-order valence-electron chi connectivity index (χ0n) is 8.89. The van der Waals surface area contributed by atoms with Crippen LogP contribution in [-0.4, -0.2) is 15.7 Å². The summed E-state index contributed by atoms with van der Waals surface area (Å²) in [6.07, 6.45) is 4.41. The van der Waals surface area contributed by atoms with Crippen LogP contribution in [0.15, 0.2) is 24.4 Å². The van der Waals surface area contributed by atoms with E-state index in [1.165, 1.54) is 12.8 Å². The third-order valence-electron chi connectivity index (χ3n) is 3.05. The zero-order chi connectivity index (χ0) is 11.1. The molecular weight excluding hydrogens is 202 g/mol. The fraction of sp³-hybridized carbons (Fsp3) is 0.333. The van der Waals surface area contributed by atoms with Crippen molar-refractivity contribution in [2.75, 3.05) is 0 Å². The van der Waals surface area contributed by atoms with Gasteiger partial charge in [0.25, 0.3) is 0 Å². The summed E-state index contributed by atoms with van der Waals surface area (Å²) in [5.74, 6) is 0.399. The fourth-order valence-electron chi connectivity index (χ4n) is 1.93. The molecule has 2 N–H and O–H groups in total. The third-order valence-corrected chi connectivity index (χ3v) is 3.05. The third kappa shape index (κ3) is 1.56. The van der Waals surface area contributed by atoms with E-state index in [1.54, 1.807) is 18.3 Å². The average Bonchev–Trinajstić information content (AvgIpc) is 2.99. The highest BCUT2D eigenvalue weighted by molar-refractivity contribution is 5.96. The van der Waals surface area contributed by atoms with Crippen LogP contribution in [0, 0.1) is 5.92 Å². The van der Waals surface area contributed by atoms with Crippen LogP contribution in [0.3, 0.4) is 0 Å². The number of fused-ring (bicyclic) bond motifs is 1. The van der Waals surface area contributed by atoms with Gasteiger partial charge in [0, 0.05) is 17.5 Å². The van der Waals surface area contributed by atoms with Gasteiger partial charge in [0.1, 0.15) is 0 Å². The summed E-state index contributed by atoms with van der Waals surface area (Å²) in [4.78, 5) is 11.0. The molecule has 1 fully saturated rings. The normalized spacial score (nSPS) is 15.5. The number of hydrogen-bond donors (Lipinski definition) is 1. The molecule has 0 radical (unpaired) electrons. The van der Waals surface area contributed by atoms with Crippen molar-refractivity contribution in [3.8, 4) is 0 Å². The Morgan fingerprint density at radius 1 is 1.50 bits per heavy atom. The van der Waals surface area contributed by atoms with Crippen LogP contribution in [0.5, 0.6) is 0 Å². The molecule has 0 spiro atoms. The van der Waals surface area contributed by atoms with Gasteiger partial charge in [-0.25, -0.2) is 0 Å². The van der Waals surface area contributed by atoms with Gasteiger partial charge in [-0.2, -0.15) is 5.10 Å². The maximum absolute atomic E-state index is 11.0. The zero-order valence-corrected chi connectivity index (χ0v) is 8.89. The molecule has 4 nitrogen and oxygen atoms in total. The molecule has 1 amide bonds. The lowest BCUT2D eigenvalue weighted by Gasteiger charge is -2.01. The van der Waals surface area contributed by atoms with Crippen LogP contribution in [0.4, 0.5) is 0 Å². The van der Waals surface area contributed by atoms with E-state index in [9.17, 15) is 4.79 Å². The Hall–Kier alpha value is -1.84. The highest BCUT2D eigenvalue weighted by Crippen LogP contribution is 2.31. The Morgan fingerprint density at radius 3 is 3.00 bits per heavy atom. The van der Waals surface area contributed by atoms with Crippen molar-refractivity contribution in [1.82, 2.24) is 9.78 Å². The number of rotatable bonds is 3. The van der Waals surface area contributed by atoms with E-state index in [2.05, 4.69) is 5.10 Å². The van der Waals surface area contributed by atoms with Crippen LogP contribution in [-0.2, 0) is 6.54 Å². The van der Waals surface area contributed by atoms with Gasteiger partial charge in [0.2, 0.25) is 5.91 Å². The molecule has 0 atom stereocenters. The number of aromatic nitrogens is 2. The molecule has 1 saturated carbocycles. The van der Waals surface area contributed by atoms with Crippen molar-refractivity contribution >= 4 is 16.8 Å². The maximum atomic E-state index is 11.0. The van der Waals surface area contributed by atoms with Gasteiger partial charge in [0.15, 0.2) is 0 Å². The molecule has 0 bridgehead atoms. The van der Waals surface area contributed by atoms with Crippen LogP contribution >= 0.6 is 0 Å². The summed E-state index contributed by atoms with van der Waals surface area (Å²) in [7, 11) is 0. The largest absolute Gasteiger partial charge is 0.366 e. The number of carbonyl (C=O) groups excluding carboxylic acids is 1. The monoisotopic (exact) mass is 215 g/mol. The minimum Gasteiger partial charge on any atom is -0.366 e. The average molecular weight is 215 g/mol. The number of carbonyl (C=O) groups is 1. The molecule has 1 aromatic heterocycles. The number of primary amides is 1. The number of amides is 1. The van der Waals surface area contributed by atoms with Crippen molar-refractivity contribution in [2.24, 2.45) is 11.7 Å². The summed E-state index contributed by atoms with van der Waals surface area (Å²) < 4.78 is 2.01. The van der Waals surface area contributed by atoms with Gasteiger partial charge in [-0.1, -0.05) is 0 Å². The van der Waals surface area contributed by atoms with Crippen LogP contribution in [0.1, 0.15) is 23.2 Å². The molecule has 1 aliphatic carbocycles. The van der Waals surface area contributed by atoms with Crippen molar-refractivity contribution in [3.63, 3.8) is 0 Å². The predicted molar refractivity (Wildman–Crippen MR) is 61.0 cm³/mol. The Balaban J connectivity index is 2.02. The van der Waals surface area contributed by atoms with E-state index in [0.717, 1.165) is 23.4 Å². The van der Waals surface area contributed by atoms with Gasteiger partial charge in [0.05, 0.1) is 11.7 Å². The molecule has 0 aliphatic heterocycles. The first-order valence-electron chi connectivity index (χ1n) is 5.49. The molecule has 16 heavy (non-hydrogen) atoms. The van der Waals surface area contributed by atoms with Crippen molar-refractivity contribution in [1.29, 1.82) is 0 Å². The minimum atomic E-state index is -0.392. The predicted octanol–water partition coefficient (Wildman–Crippen LogP) is 1.55. The number of nitrogens with zero attached hydrogens (tertiary/aromatic N) is 2. The molecular formula is C12H13N3O. The summed E-state index contributed by atoms with van der Waals surface area (Å²) in [5, 5.41) is 5.32. The van der Waals surface area contributed by atoms with Crippen molar-refractivity contribution < 1.29 is 4.79 Å². The quantitative estimate of drug-likeness (QED) is 0.844. The Bertz CT molecular complexity index is 554. The molecule has 0 saturated heterocycles. The lowest BCUT2D eigenvalue weighted by Crippen LogP contribution is -2.10. The smallest absolute Gasteiger partial charge is 0.248 e. The standard InChI is InChI=1S/C12H13N3O/c13-12(16)9-3-4-11-10(5-9)6-14-15(11)7-8-1-2-8/h3-6,8H,1-2,7H2,(H2,13,16). The summed E-state index contributed by atoms with van der Waals surface area (Å²) in [6, 6.07) is 5.48. The van der Waals surface area contributed by atoms with Gasteiger partial charge >= 0.3 is 0 Å². The summed E-state index contributed by atoms with van der Waals surface area (Å²) in [6.45, 7) is 0.986. The van der Waals surface area contributed by atoms with Crippen LogP contribution in [0.2, 0.25) is 0 Å². The van der Waals surface area contributed by atoms with Gasteiger partial charge in [-0.05, 0) is 37.0 Å². The lowest BCUT2D eigenvalue weighted by molar-refractivity contribution is 0.100. The summed E-state index contributed by atoms with van der Waals surface area (Å²) in [5.41, 5.74) is 6.86. The molecule has 1 aromatic carbocycles. The second kappa shape index (κ2) is 3.33. The van der Waals surface area contributed by atoms with Gasteiger partial charge in [-0.15, -0.1) is 0 Å². The molecule has 1 heterocycles. The van der Waals surface area contributed by atoms with Crippen LogP contribution in [0.25, 0.3) is 10.9 Å². The molecule has 82 valence electrons. The summed E-state index contributed by atoms with van der Waals surface area (Å²) >= 11 is 0. The molecule has 2 aromatic rings. The Kier molecular flexibility index (Phi) is 1.96. The first kappa shape index (κ1) is 9.39. The highest BCUT2D eigenvalue weighted by Gasteiger charge is 2.22. The van der Waals surface area contributed by atoms with E-state index in [0.29, 0.717) is 5.56 Å². The first-order valence-corrected chi connectivity index (χ1v) is 5.49. The molecule has 1 aliphatic rings. The second-order valence-electron chi connectivity index (χ2n) is 4.41. The van der Waals surface area contributed by atoms with Crippen molar-refractivity contribution in [2.45, 2.75) is 19.4 Å². The molecule has 4 heteroatoms. The lowest BCUT2D eigenvalue weighted by atomic mass is 10.1. The first-order chi connectivity index (χ1) is 7.74. The van der Waals surface area contributed by atoms with Crippen molar-refractivity contribution in [3.05, 3.63) is 30.0 Å². The number of hydrogen-bond acceptors (Lipinski definition) is 2. The maximum Gasteiger partial charge on any atom is 0.248 e. The SMILES string of the molecule is NC(=O)c1ccc2c(cnn2CC2CC2)c1. The second-order valence-corrected chi connectivity index (χ2v) is 4.41. The highest BCUT2D eigenvalue weighted by atomic mass is 16.1. The Morgan fingerprint density at radius 2 is 2.31 bits per heavy atom. The van der Waals surface area contributed by atoms with E-state index < -0.39 is 5.91 Å². The molecule has 3 rings (SSSR count). The number of benzene rings is 1. The fourth-order valence-corrected chi connectivity index (χ4v) is 1.93. The van der Waals surface area contributed by atoms with Gasteiger partial charge < -0.3 is 5.73 Å². The van der Waals surface area contributed by atoms with Crippen LogP contribution < -0.4 is 5.73 Å². The molecule has 0 unspecified atom stereocenters. The van der Waals surface area contributed by atoms with E-state index in [1.807, 2.05) is 10.7 Å². The topological polar surface area (TPSA) is 60.9 Å². The minimum absolute atomic E-state index is 0.392. The van der Waals surface area contributed by atoms with Gasteiger partial charge in [-0.3, -0.25) is 9.48 Å². The Labute approximate surface area is 93.0 Å². The van der Waals surface area contributed by atoms with E-state index in [-0.39, 0.29) is 0 Å². The van der Waals surface area contributed by atoms with E-state index in [4.69, 9.17) is 5.73 Å². The van der Waals surface area contributed by atoms with E-state index >= 15 is 0 Å². The number of nitrogens with two attached hydrogens (primary N) is 1.